The number of nitriles is 1. The third-order valence-corrected chi connectivity index (χ3v) is 2.95. The molecule has 2 aromatic rings. The molecular weight excluding hydrogens is 288 g/mol. The molecule has 0 aliphatic carbocycles. The van der Waals surface area contributed by atoms with E-state index in [1.807, 2.05) is 18.2 Å². The number of amides is 1. The van der Waals surface area contributed by atoms with Crippen LogP contribution in [0.15, 0.2) is 48.5 Å². The van der Waals surface area contributed by atoms with E-state index in [0.717, 1.165) is 5.56 Å². The van der Waals surface area contributed by atoms with Gasteiger partial charge in [-0.05, 0) is 29.8 Å². The van der Waals surface area contributed by atoms with E-state index < -0.39 is 0 Å². The summed E-state index contributed by atoms with van der Waals surface area (Å²) < 4.78 is 5.18. The molecule has 21 heavy (non-hydrogen) atoms. The van der Waals surface area contributed by atoms with Gasteiger partial charge in [0.05, 0.1) is 6.42 Å². The van der Waals surface area contributed by atoms with Gasteiger partial charge in [0.15, 0.2) is 6.61 Å². The number of nitrogens with one attached hydrogen (secondary N) is 1. The van der Waals surface area contributed by atoms with E-state index in [4.69, 9.17) is 21.6 Å². The monoisotopic (exact) mass is 300 g/mol. The van der Waals surface area contributed by atoms with E-state index >= 15 is 0 Å². The molecule has 2 rings (SSSR count). The van der Waals surface area contributed by atoms with E-state index in [-0.39, 0.29) is 18.9 Å². The van der Waals surface area contributed by atoms with Gasteiger partial charge < -0.3 is 10.1 Å². The number of hydrogen-bond acceptors (Lipinski definition) is 3. The van der Waals surface area contributed by atoms with Crippen LogP contribution < -0.4 is 10.1 Å². The first-order valence-electron chi connectivity index (χ1n) is 6.31. The summed E-state index contributed by atoms with van der Waals surface area (Å²) in [5, 5.41) is 11.9. The predicted octanol–water partition coefficient (Wildman–Crippen LogP) is 3.42. The lowest BCUT2D eigenvalue weighted by atomic mass is 10.1. The third kappa shape index (κ3) is 4.83. The molecule has 0 bridgehead atoms. The van der Waals surface area contributed by atoms with Crippen molar-refractivity contribution in [1.29, 1.82) is 5.26 Å². The molecule has 1 amide bonds. The molecule has 0 spiro atoms. The Morgan fingerprint density at radius 1 is 1.24 bits per heavy atom. The second-order valence-electron chi connectivity index (χ2n) is 4.33. The van der Waals surface area contributed by atoms with Crippen molar-refractivity contribution in [2.75, 3.05) is 11.9 Å². The normalized spacial score (nSPS) is 9.71. The molecule has 0 heterocycles. The zero-order chi connectivity index (χ0) is 15.1. The Bertz CT molecular complexity index is 663. The molecule has 0 fully saturated rings. The van der Waals surface area contributed by atoms with Crippen molar-refractivity contribution < 1.29 is 9.53 Å². The van der Waals surface area contributed by atoms with E-state index in [0.29, 0.717) is 16.5 Å². The zero-order valence-corrected chi connectivity index (χ0v) is 11.9. The standard InChI is InChI=1S/C16H13ClN2O2/c17-13-6-4-12(5-7-13)10-16(20)19-14-2-1-3-15(11-14)21-9-8-18/h1-7,11H,9-10H2,(H,19,20). The highest BCUT2D eigenvalue weighted by Crippen LogP contribution is 2.17. The van der Waals surface area contributed by atoms with Gasteiger partial charge >= 0.3 is 0 Å². The van der Waals surface area contributed by atoms with E-state index in [1.165, 1.54) is 0 Å². The van der Waals surface area contributed by atoms with Crippen molar-refractivity contribution in [3.63, 3.8) is 0 Å². The fourth-order valence-corrected chi connectivity index (χ4v) is 1.90. The molecule has 2 aromatic carbocycles. The number of carbonyl (C=O) groups is 1. The summed E-state index contributed by atoms with van der Waals surface area (Å²) >= 11 is 5.80. The van der Waals surface area contributed by atoms with Crippen LogP contribution in [0.1, 0.15) is 5.56 Å². The van der Waals surface area contributed by atoms with Gasteiger partial charge in [-0.25, -0.2) is 0 Å². The smallest absolute Gasteiger partial charge is 0.228 e. The van der Waals surface area contributed by atoms with Crippen LogP contribution in [0.5, 0.6) is 5.75 Å². The summed E-state index contributed by atoms with van der Waals surface area (Å²) in [4.78, 5) is 12.0. The second kappa shape index (κ2) is 7.32. The molecule has 0 aromatic heterocycles. The average Bonchev–Trinajstić information content (AvgIpc) is 2.48. The maximum atomic E-state index is 12.0. The second-order valence-corrected chi connectivity index (χ2v) is 4.76. The van der Waals surface area contributed by atoms with E-state index in [1.54, 1.807) is 36.4 Å². The van der Waals surface area contributed by atoms with Gasteiger partial charge in [0.2, 0.25) is 5.91 Å². The number of anilines is 1. The topological polar surface area (TPSA) is 62.1 Å². The Morgan fingerprint density at radius 3 is 2.71 bits per heavy atom. The van der Waals surface area contributed by atoms with Crippen molar-refractivity contribution in [3.8, 4) is 11.8 Å². The third-order valence-electron chi connectivity index (χ3n) is 2.70. The lowest BCUT2D eigenvalue weighted by molar-refractivity contribution is -0.115. The minimum atomic E-state index is -0.130. The minimum absolute atomic E-state index is 0.0256. The SMILES string of the molecule is N#CCOc1cccc(NC(=O)Cc2ccc(Cl)cc2)c1. The van der Waals surface area contributed by atoms with Gasteiger partial charge in [-0.3, -0.25) is 4.79 Å². The Hall–Kier alpha value is -2.51. The lowest BCUT2D eigenvalue weighted by Crippen LogP contribution is -2.14. The molecule has 0 saturated carbocycles. The zero-order valence-electron chi connectivity index (χ0n) is 11.2. The first-order chi connectivity index (χ1) is 10.2. The first kappa shape index (κ1) is 14.9. The van der Waals surface area contributed by atoms with Crippen molar-refractivity contribution >= 4 is 23.2 Å². The molecule has 4 nitrogen and oxygen atoms in total. The number of ether oxygens (including phenoxy) is 1. The Balaban J connectivity index is 1.96. The Labute approximate surface area is 127 Å². The molecule has 106 valence electrons. The van der Waals surface area contributed by atoms with Gasteiger partial charge in [0.25, 0.3) is 0 Å². The number of hydrogen-bond donors (Lipinski definition) is 1. The summed E-state index contributed by atoms with van der Waals surface area (Å²) in [7, 11) is 0. The lowest BCUT2D eigenvalue weighted by Gasteiger charge is -2.07. The van der Waals surface area contributed by atoms with Crippen LogP contribution in [-0.2, 0) is 11.2 Å². The molecular formula is C16H13ClN2O2. The number of halogens is 1. The van der Waals surface area contributed by atoms with Gasteiger partial charge in [-0.1, -0.05) is 29.8 Å². The average molecular weight is 301 g/mol. The fraction of sp³-hybridized carbons (Fsp3) is 0.125. The highest BCUT2D eigenvalue weighted by molar-refractivity contribution is 6.30. The van der Waals surface area contributed by atoms with Crippen LogP contribution in [0.4, 0.5) is 5.69 Å². The highest BCUT2D eigenvalue weighted by atomic mass is 35.5. The first-order valence-corrected chi connectivity index (χ1v) is 6.69. The van der Waals surface area contributed by atoms with Crippen molar-refractivity contribution in [3.05, 3.63) is 59.1 Å². The predicted molar refractivity (Wildman–Crippen MR) is 81.3 cm³/mol. The molecule has 1 N–H and O–H groups in total. The van der Waals surface area contributed by atoms with Crippen LogP contribution in [0.2, 0.25) is 5.02 Å². The largest absolute Gasteiger partial charge is 0.479 e. The molecule has 0 atom stereocenters. The number of benzene rings is 2. The summed E-state index contributed by atoms with van der Waals surface area (Å²) in [6.45, 7) is -0.0256. The maximum absolute atomic E-state index is 12.0. The van der Waals surface area contributed by atoms with Gasteiger partial charge in [-0.15, -0.1) is 0 Å². The number of rotatable bonds is 5. The fourth-order valence-electron chi connectivity index (χ4n) is 1.77. The van der Waals surface area contributed by atoms with E-state index in [9.17, 15) is 4.79 Å². The Morgan fingerprint density at radius 2 is 2.00 bits per heavy atom. The molecule has 0 unspecified atom stereocenters. The minimum Gasteiger partial charge on any atom is -0.479 e. The van der Waals surface area contributed by atoms with Crippen molar-refractivity contribution in [1.82, 2.24) is 0 Å². The molecule has 5 heteroatoms. The Kier molecular flexibility index (Phi) is 5.19. The van der Waals surface area contributed by atoms with Crippen molar-refractivity contribution in [2.45, 2.75) is 6.42 Å². The van der Waals surface area contributed by atoms with Crippen LogP contribution in [-0.4, -0.2) is 12.5 Å². The van der Waals surface area contributed by atoms with Gasteiger partial charge in [-0.2, -0.15) is 5.26 Å². The summed E-state index contributed by atoms with van der Waals surface area (Å²) in [5.41, 5.74) is 1.51. The summed E-state index contributed by atoms with van der Waals surface area (Å²) in [6, 6.07) is 15.9. The summed E-state index contributed by atoms with van der Waals surface area (Å²) in [5.74, 6) is 0.413. The molecule has 0 saturated heterocycles. The molecule has 0 aliphatic rings. The highest BCUT2D eigenvalue weighted by Gasteiger charge is 2.05. The maximum Gasteiger partial charge on any atom is 0.228 e. The van der Waals surface area contributed by atoms with Crippen LogP contribution in [0.25, 0.3) is 0 Å². The van der Waals surface area contributed by atoms with Crippen LogP contribution >= 0.6 is 11.6 Å². The van der Waals surface area contributed by atoms with Crippen molar-refractivity contribution in [2.24, 2.45) is 0 Å². The summed E-state index contributed by atoms with van der Waals surface area (Å²) in [6.07, 6.45) is 0.264. The molecule has 0 radical (unpaired) electrons. The molecule has 0 aliphatic heterocycles. The van der Waals surface area contributed by atoms with E-state index in [2.05, 4.69) is 5.32 Å². The van der Waals surface area contributed by atoms with Gasteiger partial charge in [0.1, 0.15) is 11.8 Å². The quantitative estimate of drug-likeness (QED) is 0.920. The van der Waals surface area contributed by atoms with Gasteiger partial charge in [0, 0.05) is 16.8 Å². The number of nitrogens with zero attached hydrogens (tertiary/aromatic N) is 1. The number of carbonyl (C=O) groups excluding carboxylic acids is 1. The van der Waals surface area contributed by atoms with Crippen LogP contribution in [0, 0.1) is 11.3 Å². The van der Waals surface area contributed by atoms with Crippen LogP contribution in [0.3, 0.4) is 0 Å².